The van der Waals surface area contributed by atoms with E-state index in [-0.39, 0.29) is 5.91 Å². The average molecular weight is 432 g/mol. The van der Waals surface area contributed by atoms with Crippen LogP contribution in [0.3, 0.4) is 0 Å². The Kier molecular flexibility index (Phi) is 7.58. The number of methoxy groups -OCH3 is 2. The number of hydrogen-bond donors (Lipinski definition) is 1. The zero-order valence-electron chi connectivity index (χ0n) is 18.1. The molecule has 1 heterocycles. The molecule has 2 aromatic rings. The van der Waals surface area contributed by atoms with Crippen molar-refractivity contribution in [3.05, 3.63) is 52.0 Å². The van der Waals surface area contributed by atoms with Crippen LogP contribution in [0.15, 0.2) is 30.3 Å². The maximum atomic E-state index is 12.5. The number of ether oxygens (including phenoxy) is 2. The van der Waals surface area contributed by atoms with Crippen LogP contribution in [0.25, 0.3) is 0 Å². The third-order valence-corrected chi connectivity index (χ3v) is 5.68. The number of rotatable bonds is 7. The fraction of sp³-hybridized carbons (Fsp3) is 0.435. The molecule has 7 heteroatoms. The monoisotopic (exact) mass is 431 g/mol. The maximum absolute atomic E-state index is 12.5. The van der Waals surface area contributed by atoms with Crippen molar-refractivity contribution < 1.29 is 14.3 Å². The number of carbonyl (C=O) groups excluding carboxylic acids is 1. The lowest BCUT2D eigenvalue weighted by molar-refractivity contribution is -0.117. The minimum absolute atomic E-state index is 0.0304. The second-order valence-corrected chi connectivity index (χ2v) is 8.14. The van der Waals surface area contributed by atoms with Crippen molar-refractivity contribution >= 4 is 23.2 Å². The summed E-state index contributed by atoms with van der Waals surface area (Å²) in [6, 6.07) is 9.92. The van der Waals surface area contributed by atoms with Gasteiger partial charge in [-0.25, -0.2) is 0 Å². The minimum Gasteiger partial charge on any atom is -0.493 e. The third-order valence-electron chi connectivity index (χ3n) is 5.38. The molecule has 1 fully saturated rings. The van der Waals surface area contributed by atoms with Crippen LogP contribution >= 0.6 is 11.6 Å². The van der Waals surface area contributed by atoms with Gasteiger partial charge in [0, 0.05) is 32.7 Å². The molecular weight excluding hydrogens is 402 g/mol. The zero-order chi connectivity index (χ0) is 21.7. The predicted octanol–water partition coefficient (Wildman–Crippen LogP) is 3.73. The van der Waals surface area contributed by atoms with Crippen molar-refractivity contribution in [1.29, 1.82) is 0 Å². The van der Waals surface area contributed by atoms with Crippen molar-refractivity contribution in [1.82, 2.24) is 9.80 Å². The largest absolute Gasteiger partial charge is 0.493 e. The standard InChI is InChI=1S/C23H30ClN3O3/c1-16-11-17(2)23(19(24)12-16)25-22(28)15-27-9-7-26(8-10-27)14-18-5-6-20(29-3)21(13-18)30-4/h5-6,11-13H,7-10,14-15H2,1-4H3,(H,25,28). The van der Waals surface area contributed by atoms with E-state index in [1.807, 2.05) is 38.1 Å². The van der Waals surface area contributed by atoms with Gasteiger partial charge in [-0.15, -0.1) is 0 Å². The summed E-state index contributed by atoms with van der Waals surface area (Å²) >= 11 is 6.31. The van der Waals surface area contributed by atoms with E-state index in [1.165, 1.54) is 5.56 Å². The van der Waals surface area contributed by atoms with Gasteiger partial charge in [-0.05, 0) is 48.7 Å². The van der Waals surface area contributed by atoms with Crippen molar-refractivity contribution in [2.45, 2.75) is 20.4 Å². The molecule has 6 nitrogen and oxygen atoms in total. The van der Waals surface area contributed by atoms with Crippen LogP contribution in [0.1, 0.15) is 16.7 Å². The Morgan fingerprint density at radius 1 is 1.00 bits per heavy atom. The highest BCUT2D eigenvalue weighted by molar-refractivity contribution is 6.34. The summed E-state index contributed by atoms with van der Waals surface area (Å²) in [7, 11) is 3.29. The van der Waals surface area contributed by atoms with Gasteiger partial charge < -0.3 is 14.8 Å². The molecule has 0 aromatic heterocycles. The van der Waals surface area contributed by atoms with Gasteiger partial charge in [0.1, 0.15) is 0 Å². The second kappa shape index (κ2) is 10.2. The minimum atomic E-state index is -0.0304. The Balaban J connectivity index is 1.49. The molecule has 3 rings (SSSR count). The summed E-state index contributed by atoms with van der Waals surface area (Å²) in [4.78, 5) is 17.1. The molecule has 0 radical (unpaired) electrons. The first-order valence-electron chi connectivity index (χ1n) is 10.1. The highest BCUT2D eigenvalue weighted by Gasteiger charge is 2.20. The van der Waals surface area contributed by atoms with Crippen LogP contribution in [0.2, 0.25) is 5.02 Å². The summed E-state index contributed by atoms with van der Waals surface area (Å²) in [5.41, 5.74) is 3.96. The molecule has 162 valence electrons. The fourth-order valence-corrected chi connectivity index (χ4v) is 4.17. The molecule has 0 spiro atoms. The number of halogens is 1. The number of benzene rings is 2. The number of nitrogens with zero attached hydrogens (tertiary/aromatic N) is 2. The van der Waals surface area contributed by atoms with Gasteiger partial charge in [0.05, 0.1) is 31.5 Å². The molecule has 0 atom stereocenters. The smallest absolute Gasteiger partial charge is 0.238 e. The summed E-state index contributed by atoms with van der Waals surface area (Å²) in [5.74, 6) is 1.45. The quantitative estimate of drug-likeness (QED) is 0.723. The molecule has 1 aliphatic rings. The van der Waals surface area contributed by atoms with E-state index in [4.69, 9.17) is 21.1 Å². The number of piperazine rings is 1. The number of hydrogen-bond acceptors (Lipinski definition) is 5. The lowest BCUT2D eigenvalue weighted by Gasteiger charge is -2.34. The molecule has 1 aliphatic heterocycles. The van der Waals surface area contributed by atoms with Crippen LogP contribution in [-0.4, -0.2) is 62.7 Å². The molecular formula is C23H30ClN3O3. The summed E-state index contributed by atoms with van der Waals surface area (Å²) < 4.78 is 10.7. The van der Waals surface area contributed by atoms with E-state index in [0.29, 0.717) is 17.3 Å². The average Bonchev–Trinajstić information content (AvgIpc) is 2.72. The first kappa shape index (κ1) is 22.4. The van der Waals surface area contributed by atoms with E-state index in [0.717, 1.165) is 55.3 Å². The molecule has 0 bridgehead atoms. The summed E-state index contributed by atoms with van der Waals surface area (Å²) in [6.07, 6.45) is 0. The van der Waals surface area contributed by atoms with Crippen LogP contribution in [0, 0.1) is 13.8 Å². The van der Waals surface area contributed by atoms with Gasteiger partial charge in [-0.2, -0.15) is 0 Å². The van der Waals surface area contributed by atoms with Crippen LogP contribution in [0.5, 0.6) is 11.5 Å². The van der Waals surface area contributed by atoms with Gasteiger partial charge >= 0.3 is 0 Å². The van der Waals surface area contributed by atoms with Gasteiger partial charge in [-0.3, -0.25) is 14.6 Å². The van der Waals surface area contributed by atoms with E-state index in [1.54, 1.807) is 14.2 Å². The summed E-state index contributed by atoms with van der Waals surface area (Å²) in [6.45, 7) is 8.68. The Bertz CT molecular complexity index is 872. The zero-order valence-corrected chi connectivity index (χ0v) is 18.9. The third kappa shape index (κ3) is 5.65. The SMILES string of the molecule is COc1ccc(CN2CCN(CC(=O)Nc3c(C)cc(C)cc3Cl)CC2)cc1OC. The molecule has 1 N–H and O–H groups in total. The second-order valence-electron chi connectivity index (χ2n) is 7.73. The lowest BCUT2D eigenvalue weighted by atomic mass is 10.1. The maximum Gasteiger partial charge on any atom is 0.238 e. The van der Waals surface area contributed by atoms with Gasteiger partial charge in [-0.1, -0.05) is 23.7 Å². The predicted molar refractivity (Wildman–Crippen MR) is 121 cm³/mol. The molecule has 0 saturated carbocycles. The van der Waals surface area contributed by atoms with Gasteiger partial charge in [0.2, 0.25) is 5.91 Å². The molecule has 1 amide bonds. The van der Waals surface area contributed by atoms with Gasteiger partial charge in [0.15, 0.2) is 11.5 Å². The molecule has 30 heavy (non-hydrogen) atoms. The Hall–Kier alpha value is -2.28. The highest BCUT2D eigenvalue weighted by Crippen LogP contribution is 2.29. The van der Waals surface area contributed by atoms with Crippen molar-refractivity contribution in [3.8, 4) is 11.5 Å². The Morgan fingerprint density at radius 2 is 1.67 bits per heavy atom. The lowest BCUT2D eigenvalue weighted by Crippen LogP contribution is -2.48. The van der Waals surface area contributed by atoms with Crippen LogP contribution in [0.4, 0.5) is 5.69 Å². The van der Waals surface area contributed by atoms with E-state index >= 15 is 0 Å². The fourth-order valence-electron chi connectivity index (χ4n) is 3.80. The van der Waals surface area contributed by atoms with E-state index in [2.05, 4.69) is 21.2 Å². The first-order chi connectivity index (χ1) is 14.4. The Labute approximate surface area is 183 Å². The number of carbonyl (C=O) groups is 1. The normalized spacial score (nSPS) is 15.1. The van der Waals surface area contributed by atoms with Gasteiger partial charge in [0.25, 0.3) is 0 Å². The number of amides is 1. The number of anilines is 1. The molecule has 2 aromatic carbocycles. The van der Waals surface area contributed by atoms with E-state index in [9.17, 15) is 4.79 Å². The summed E-state index contributed by atoms with van der Waals surface area (Å²) in [5, 5.41) is 3.56. The number of nitrogens with one attached hydrogen (secondary N) is 1. The first-order valence-corrected chi connectivity index (χ1v) is 10.5. The Morgan fingerprint density at radius 3 is 2.30 bits per heavy atom. The van der Waals surface area contributed by atoms with E-state index < -0.39 is 0 Å². The van der Waals surface area contributed by atoms with Crippen LogP contribution in [-0.2, 0) is 11.3 Å². The topological polar surface area (TPSA) is 54.0 Å². The molecule has 0 unspecified atom stereocenters. The van der Waals surface area contributed by atoms with Crippen molar-refractivity contribution in [2.24, 2.45) is 0 Å². The highest BCUT2D eigenvalue weighted by atomic mass is 35.5. The van der Waals surface area contributed by atoms with Crippen LogP contribution < -0.4 is 14.8 Å². The molecule has 0 aliphatic carbocycles. The molecule has 1 saturated heterocycles. The van der Waals surface area contributed by atoms with Crippen molar-refractivity contribution in [2.75, 3.05) is 52.3 Å². The number of aryl methyl sites for hydroxylation is 2. The van der Waals surface area contributed by atoms with Crippen molar-refractivity contribution in [3.63, 3.8) is 0 Å².